The van der Waals surface area contributed by atoms with Crippen LogP contribution in [0.4, 0.5) is 0 Å². The van der Waals surface area contributed by atoms with Crippen LogP contribution in [0.3, 0.4) is 0 Å². The number of aromatic nitrogens is 2. The van der Waals surface area contributed by atoms with Crippen LogP contribution < -0.4 is 0 Å². The largest absolute Gasteiger partial charge is 0.335 e. The molecule has 0 aliphatic heterocycles. The van der Waals surface area contributed by atoms with Crippen LogP contribution in [0.15, 0.2) is 48.8 Å². The van der Waals surface area contributed by atoms with E-state index in [9.17, 15) is 0 Å². The van der Waals surface area contributed by atoms with Gasteiger partial charge in [-0.25, -0.2) is 4.98 Å². The van der Waals surface area contributed by atoms with Gasteiger partial charge < -0.3 is 4.57 Å². The first-order chi connectivity index (χ1) is 8.27. The molecule has 17 heavy (non-hydrogen) atoms. The molecule has 0 aliphatic rings. The van der Waals surface area contributed by atoms with E-state index in [2.05, 4.69) is 53.0 Å². The Morgan fingerprint density at radius 2 is 1.82 bits per heavy atom. The highest BCUT2D eigenvalue weighted by atomic mass is 15.0. The summed E-state index contributed by atoms with van der Waals surface area (Å²) in [5.41, 5.74) is 4.82. The van der Waals surface area contributed by atoms with Gasteiger partial charge in [0.05, 0.1) is 0 Å². The molecule has 1 aromatic carbocycles. The maximum Gasteiger partial charge on any atom is 0.140 e. The van der Waals surface area contributed by atoms with Crippen LogP contribution in [0.1, 0.15) is 5.56 Å². The summed E-state index contributed by atoms with van der Waals surface area (Å²) in [6.45, 7) is 2.14. The van der Waals surface area contributed by atoms with Crippen molar-refractivity contribution >= 4 is 11.0 Å². The molecular formula is C15H14N2. The van der Waals surface area contributed by atoms with E-state index in [1.54, 1.807) is 0 Å². The summed E-state index contributed by atoms with van der Waals surface area (Å²) in [5.74, 6) is 0. The van der Waals surface area contributed by atoms with Gasteiger partial charge in [-0.15, -0.1) is 0 Å². The Kier molecular flexibility index (Phi) is 2.22. The Labute approximate surface area is 101 Å². The third-order valence-electron chi connectivity index (χ3n) is 3.13. The number of hydrogen-bond acceptors (Lipinski definition) is 1. The summed E-state index contributed by atoms with van der Waals surface area (Å²) in [6.07, 6.45) is 4.01. The molecule has 0 saturated carbocycles. The van der Waals surface area contributed by atoms with E-state index >= 15 is 0 Å². The minimum absolute atomic E-state index is 1.05. The van der Waals surface area contributed by atoms with Gasteiger partial charge in [0.2, 0.25) is 0 Å². The summed E-state index contributed by atoms with van der Waals surface area (Å²) in [7, 11) is 2.04. The molecule has 3 aromatic rings. The van der Waals surface area contributed by atoms with Gasteiger partial charge in [-0.3, -0.25) is 0 Å². The molecule has 2 heterocycles. The molecule has 0 unspecified atom stereocenters. The molecule has 0 spiro atoms. The molecule has 2 nitrogen and oxygen atoms in total. The molecule has 0 amide bonds. The third-order valence-corrected chi connectivity index (χ3v) is 3.13. The van der Waals surface area contributed by atoms with Gasteiger partial charge in [-0.05, 0) is 29.7 Å². The van der Waals surface area contributed by atoms with E-state index in [4.69, 9.17) is 0 Å². The van der Waals surface area contributed by atoms with Crippen molar-refractivity contribution in [2.24, 2.45) is 7.05 Å². The van der Waals surface area contributed by atoms with E-state index in [-0.39, 0.29) is 0 Å². The van der Waals surface area contributed by atoms with Crippen LogP contribution in [-0.2, 0) is 7.05 Å². The molecule has 2 aromatic heterocycles. The molecule has 0 bridgehead atoms. The van der Waals surface area contributed by atoms with Gasteiger partial charge in [0.15, 0.2) is 0 Å². The first-order valence-electron chi connectivity index (χ1n) is 5.73. The molecule has 0 fully saturated rings. The molecule has 2 heteroatoms. The molecule has 84 valence electrons. The van der Waals surface area contributed by atoms with E-state index < -0.39 is 0 Å². The minimum Gasteiger partial charge on any atom is -0.335 e. The standard InChI is InChI=1S/C15H14N2/c1-11-10-17(2)15-14(11)13(8-9-16-15)12-6-4-3-5-7-12/h3-10H,1-2H3. The highest BCUT2D eigenvalue weighted by Gasteiger charge is 2.09. The number of aryl methyl sites for hydroxylation is 2. The van der Waals surface area contributed by atoms with Crippen LogP contribution in [-0.4, -0.2) is 9.55 Å². The zero-order chi connectivity index (χ0) is 11.8. The summed E-state index contributed by atoms with van der Waals surface area (Å²) >= 11 is 0. The van der Waals surface area contributed by atoms with Crippen molar-refractivity contribution < 1.29 is 0 Å². The highest BCUT2D eigenvalue weighted by Crippen LogP contribution is 2.30. The summed E-state index contributed by atoms with van der Waals surface area (Å²) in [5, 5.41) is 1.25. The van der Waals surface area contributed by atoms with Crippen molar-refractivity contribution in [3.8, 4) is 11.1 Å². The summed E-state index contributed by atoms with van der Waals surface area (Å²) in [6, 6.07) is 12.5. The van der Waals surface area contributed by atoms with Crippen molar-refractivity contribution in [2.75, 3.05) is 0 Å². The van der Waals surface area contributed by atoms with Crippen LogP contribution >= 0.6 is 0 Å². The fourth-order valence-electron chi connectivity index (χ4n) is 2.38. The second-order valence-electron chi connectivity index (χ2n) is 4.35. The number of rotatable bonds is 1. The van der Waals surface area contributed by atoms with Crippen LogP contribution in [0.5, 0.6) is 0 Å². The predicted octanol–water partition coefficient (Wildman–Crippen LogP) is 3.55. The Morgan fingerprint density at radius 1 is 1.06 bits per heavy atom. The van der Waals surface area contributed by atoms with Gasteiger partial charge in [-0.2, -0.15) is 0 Å². The van der Waals surface area contributed by atoms with Crippen LogP contribution in [0.2, 0.25) is 0 Å². The Hall–Kier alpha value is -2.09. The van der Waals surface area contributed by atoms with Gasteiger partial charge in [0, 0.05) is 24.8 Å². The third kappa shape index (κ3) is 1.53. The summed E-state index contributed by atoms with van der Waals surface area (Å²) in [4.78, 5) is 4.45. The van der Waals surface area contributed by atoms with E-state index in [0.29, 0.717) is 0 Å². The van der Waals surface area contributed by atoms with Crippen molar-refractivity contribution in [1.29, 1.82) is 0 Å². The number of fused-ring (bicyclic) bond motifs is 1. The normalized spacial score (nSPS) is 10.9. The number of pyridine rings is 1. The van der Waals surface area contributed by atoms with Gasteiger partial charge in [0.1, 0.15) is 5.65 Å². The highest BCUT2D eigenvalue weighted by molar-refractivity contribution is 5.95. The van der Waals surface area contributed by atoms with Crippen LogP contribution in [0.25, 0.3) is 22.2 Å². The average molecular weight is 222 g/mol. The Morgan fingerprint density at radius 3 is 2.59 bits per heavy atom. The lowest BCUT2D eigenvalue weighted by Gasteiger charge is -2.04. The number of nitrogens with zero attached hydrogens (tertiary/aromatic N) is 2. The maximum atomic E-state index is 4.45. The smallest absolute Gasteiger partial charge is 0.140 e. The first-order valence-corrected chi connectivity index (χ1v) is 5.73. The Balaban J connectivity index is 2.38. The minimum atomic E-state index is 1.05. The zero-order valence-corrected chi connectivity index (χ0v) is 10.0. The molecule has 0 N–H and O–H groups in total. The number of benzene rings is 1. The number of hydrogen-bond donors (Lipinski definition) is 0. The topological polar surface area (TPSA) is 17.8 Å². The lowest BCUT2D eigenvalue weighted by Crippen LogP contribution is -1.88. The fraction of sp³-hybridized carbons (Fsp3) is 0.133. The summed E-state index contributed by atoms with van der Waals surface area (Å²) < 4.78 is 2.08. The van der Waals surface area contributed by atoms with E-state index in [0.717, 1.165) is 5.65 Å². The van der Waals surface area contributed by atoms with Crippen molar-refractivity contribution in [1.82, 2.24) is 9.55 Å². The first kappa shape index (κ1) is 10.1. The molecule has 0 atom stereocenters. The van der Waals surface area contributed by atoms with Crippen molar-refractivity contribution in [3.05, 3.63) is 54.4 Å². The molecule has 0 radical (unpaired) electrons. The van der Waals surface area contributed by atoms with E-state index in [1.807, 2.05) is 19.3 Å². The second kappa shape index (κ2) is 3.74. The Bertz CT molecular complexity index is 666. The lowest BCUT2D eigenvalue weighted by atomic mass is 10.0. The van der Waals surface area contributed by atoms with Crippen molar-refractivity contribution in [3.63, 3.8) is 0 Å². The predicted molar refractivity (Wildman–Crippen MR) is 70.9 cm³/mol. The molecule has 0 aliphatic carbocycles. The quantitative estimate of drug-likeness (QED) is 0.615. The molecular weight excluding hydrogens is 208 g/mol. The fourth-order valence-corrected chi connectivity index (χ4v) is 2.38. The maximum absolute atomic E-state index is 4.45. The SMILES string of the molecule is Cc1cn(C)c2nccc(-c3ccccc3)c12. The molecule has 0 saturated heterocycles. The van der Waals surface area contributed by atoms with Gasteiger partial charge in [0.25, 0.3) is 0 Å². The van der Waals surface area contributed by atoms with E-state index in [1.165, 1.54) is 22.1 Å². The monoisotopic (exact) mass is 222 g/mol. The van der Waals surface area contributed by atoms with Crippen molar-refractivity contribution in [2.45, 2.75) is 6.92 Å². The average Bonchev–Trinajstić information content (AvgIpc) is 2.66. The second-order valence-corrected chi connectivity index (χ2v) is 4.35. The van der Waals surface area contributed by atoms with Gasteiger partial charge in [-0.1, -0.05) is 30.3 Å². The van der Waals surface area contributed by atoms with Crippen LogP contribution in [0, 0.1) is 6.92 Å². The molecule has 3 rings (SSSR count). The van der Waals surface area contributed by atoms with Gasteiger partial charge >= 0.3 is 0 Å². The lowest BCUT2D eigenvalue weighted by molar-refractivity contribution is 0.944. The zero-order valence-electron chi connectivity index (χ0n) is 10.0.